The minimum absolute atomic E-state index is 0.00197. The second kappa shape index (κ2) is 6.94. The van der Waals surface area contributed by atoms with Crippen molar-refractivity contribution < 1.29 is 14.6 Å². The first-order valence-corrected chi connectivity index (χ1v) is 8.29. The molecule has 1 N–H and O–H groups in total. The van der Waals surface area contributed by atoms with E-state index in [0.717, 1.165) is 0 Å². The normalized spacial score (nSPS) is 16.0. The lowest BCUT2D eigenvalue weighted by atomic mass is 10.1. The Labute approximate surface area is 151 Å². The minimum atomic E-state index is -0.236. The smallest absolute Gasteiger partial charge is 0.281 e. The van der Waals surface area contributed by atoms with Crippen LogP contribution in [0.4, 0.5) is 5.69 Å². The first-order valence-electron chi connectivity index (χ1n) is 7.88. The number of para-hydroxylation sites is 2. The molecular formula is C19H18N2O3S. The average Bonchev–Trinajstić information content (AvgIpc) is 2.82. The lowest BCUT2D eigenvalue weighted by Crippen LogP contribution is -2.30. The van der Waals surface area contributed by atoms with Gasteiger partial charge in [0.05, 0.1) is 12.3 Å². The fourth-order valence-electron chi connectivity index (χ4n) is 2.64. The third-order valence-corrected chi connectivity index (χ3v) is 4.35. The van der Waals surface area contributed by atoms with E-state index in [4.69, 9.17) is 17.0 Å². The highest BCUT2D eigenvalue weighted by Gasteiger charge is 2.36. The van der Waals surface area contributed by atoms with Crippen molar-refractivity contribution in [1.29, 1.82) is 0 Å². The molecule has 0 bridgehead atoms. The van der Waals surface area contributed by atoms with Gasteiger partial charge in [-0.25, -0.2) is 0 Å². The number of likely N-dealkylation sites (N-methyl/N-ethyl adjacent to an activating group) is 1. The molecule has 0 unspecified atom stereocenters. The Morgan fingerprint density at radius 2 is 1.88 bits per heavy atom. The van der Waals surface area contributed by atoms with Crippen molar-refractivity contribution in [3.05, 3.63) is 59.8 Å². The number of ether oxygens (including phenoxy) is 1. The van der Waals surface area contributed by atoms with Gasteiger partial charge in [0.25, 0.3) is 5.91 Å². The Morgan fingerprint density at radius 1 is 1.16 bits per heavy atom. The molecule has 0 radical (unpaired) electrons. The Morgan fingerprint density at radius 3 is 2.56 bits per heavy atom. The first kappa shape index (κ1) is 17.0. The summed E-state index contributed by atoms with van der Waals surface area (Å²) in [6.07, 6.45) is 1.62. The number of rotatable bonds is 4. The van der Waals surface area contributed by atoms with Crippen LogP contribution in [0.5, 0.6) is 11.5 Å². The summed E-state index contributed by atoms with van der Waals surface area (Å²) >= 11 is 5.42. The zero-order valence-electron chi connectivity index (χ0n) is 14.0. The van der Waals surface area contributed by atoms with Crippen LogP contribution in [0, 0.1) is 0 Å². The van der Waals surface area contributed by atoms with Crippen LogP contribution >= 0.6 is 12.2 Å². The van der Waals surface area contributed by atoms with Gasteiger partial charge in [-0.3, -0.25) is 9.69 Å². The van der Waals surface area contributed by atoms with Crippen LogP contribution in [0.2, 0.25) is 0 Å². The Balaban J connectivity index is 2.01. The zero-order valence-corrected chi connectivity index (χ0v) is 14.8. The molecule has 0 saturated carbocycles. The molecule has 1 heterocycles. The number of anilines is 1. The summed E-state index contributed by atoms with van der Waals surface area (Å²) in [6.45, 7) is 2.29. The number of nitrogens with zero attached hydrogens (tertiary/aromatic N) is 2. The maximum atomic E-state index is 12.9. The van der Waals surface area contributed by atoms with Crippen LogP contribution in [0.15, 0.2) is 54.2 Å². The number of phenols is 1. The summed E-state index contributed by atoms with van der Waals surface area (Å²) < 4.78 is 5.39. The van der Waals surface area contributed by atoms with E-state index < -0.39 is 0 Å². The summed E-state index contributed by atoms with van der Waals surface area (Å²) in [5, 5.41) is 10.7. The number of phenolic OH excluding ortho intramolecular Hbond substituents is 1. The van der Waals surface area contributed by atoms with Crippen LogP contribution in [-0.4, -0.2) is 34.7 Å². The fraction of sp³-hybridized carbons (Fsp3) is 0.158. The van der Waals surface area contributed by atoms with E-state index in [-0.39, 0.29) is 11.7 Å². The average molecular weight is 354 g/mol. The minimum Gasteiger partial charge on any atom is -0.504 e. The molecule has 1 amide bonds. The van der Waals surface area contributed by atoms with Crippen molar-refractivity contribution >= 4 is 35.0 Å². The van der Waals surface area contributed by atoms with Crippen LogP contribution < -0.4 is 9.64 Å². The molecule has 0 atom stereocenters. The summed E-state index contributed by atoms with van der Waals surface area (Å²) in [6, 6.07) is 14.4. The standard InChI is InChI=1S/C19H18N2O3S/c1-3-24-16-11-7-8-13(17(16)22)12-15-18(23)21(19(25)20(15)2)14-9-5-4-6-10-14/h4-12,22H,3H2,1-2H3/b15-12-. The highest BCUT2D eigenvalue weighted by Crippen LogP contribution is 2.34. The molecule has 1 aliphatic rings. The maximum Gasteiger partial charge on any atom is 0.281 e. The predicted octanol–water partition coefficient (Wildman–Crippen LogP) is 3.40. The van der Waals surface area contributed by atoms with E-state index in [1.807, 2.05) is 37.3 Å². The van der Waals surface area contributed by atoms with E-state index in [9.17, 15) is 9.90 Å². The molecule has 25 heavy (non-hydrogen) atoms. The van der Waals surface area contributed by atoms with Gasteiger partial charge in [-0.1, -0.05) is 30.3 Å². The van der Waals surface area contributed by atoms with Crippen molar-refractivity contribution in [2.45, 2.75) is 6.92 Å². The van der Waals surface area contributed by atoms with Gasteiger partial charge in [0.1, 0.15) is 5.70 Å². The molecule has 1 aliphatic heterocycles. The van der Waals surface area contributed by atoms with Crippen molar-refractivity contribution in [2.24, 2.45) is 0 Å². The summed E-state index contributed by atoms with van der Waals surface area (Å²) in [5.41, 5.74) is 1.59. The molecule has 2 aromatic carbocycles. The first-order chi connectivity index (χ1) is 12.0. The predicted molar refractivity (Wildman–Crippen MR) is 102 cm³/mol. The number of carbonyl (C=O) groups is 1. The van der Waals surface area contributed by atoms with Crippen LogP contribution in [0.25, 0.3) is 6.08 Å². The third kappa shape index (κ3) is 3.08. The summed E-state index contributed by atoms with van der Waals surface area (Å²) in [5.74, 6) is 0.148. The van der Waals surface area contributed by atoms with E-state index in [0.29, 0.717) is 34.4 Å². The lowest BCUT2D eigenvalue weighted by Gasteiger charge is -2.16. The Hall–Kier alpha value is -2.86. The van der Waals surface area contributed by atoms with Gasteiger partial charge in [0.2, 0.25) is 0 Å². The summed E-state index contributed by atoms with van der Waals surface area (Å²) in [4.78, 5) is 16.0. The second-order valence-corrected chi connectivity index (χ2v) is 5.84. The van der Waals surface area contributed by atoms with Gasteiger partial charge in [0.15, 0.2) is 16.6 Å². The third-order valence-electron chi connectivity index (χ3n) is 3.90. The largest absolute Gasteiger partial charge is 0.504 e. The maximum absolute atomic E-state index is 12.9. The van der Waals surface area contributed by atoms with Crippen LogP contribution in [0.3, 0.4) is 0 Å². The molecular weight excluding hydrogens is 336 g/mol. The van der Waals surface area contributed by atoms with Crippen molar-refractivity contribution in [3.63, 3.8) is 0 Å². The molecule has 3 rings (SSSR count). The SMILES string of the molecule is CCOc1cccc(/C=C2/C(=O)N(c3ccccc3)C(=S)N2C)c1O. The molecule has 1 saturated heterocycles. The molecule has 2 aromatic rings. The van der Waals surface area contributed by atoms with Gasteiger partial charge in [-0.15, -0.1) is 0 Å². The Kier molecular flexibility index (Phi) is 4.72. The number of hydrogen-bond donors (Lipinski definition) is 1. The van der Waals surface area contributed by atoms with E-state index in [1.165, 1.54) is 4.90 Å². The quantitative estimate of drug-likeness (QED) is 0.674. The highest BCUT2D eigenvalue weighted by atomic mass is 32.1. The Bertz CT molecular complexity index is 849. The summed E-state index contributed by atoms with van der Waals surface area (Å²) in [7, 11) is 1.73. The fourth-order valence-corrected chi connectivity index (χ4v) is 2.92. The zero-order chi connectivity index (χ0) is 18.0. The molecule has 0 spiro atoms. The topological polar surface area (TPSA) is 53.0 Å². The number of aromatic hydroxyl groups is 1. The number of benzene rings is 2. The van der Waals surface area contributed by atoms with Crippen LogP contribution in [0.1, 0.15) is 12.5 Å². The van der Waals surface area contributed by atoms with E-state index in [1.54, 1.807) is 36.2 Å². The number of hydrogen-bond acceptors (Lipinski definition) is 4. The number of carbonyl (C=O) groups excluding carboxylic acids is 1. The van der Waals surface area contributed by atoms with Gasteiger partial charge in [-0.2, -0.15) is 0 Å². The van der Waals surface area contributed by atoms with Crippen LogP contribution in [-0.2, 0) is 4.79 Å². The van der Waals surface area contributed by atoms with Gasteiger partial charge in [0, 0.05) is 12.6 Å². The van der Waals surface area contributed by atoms with Crippen molar-refractivity contribution in [3.8, 4) is 11.5 Å². The molecule has 0 aliphatic carbocycles. The molecule has 5 nitrogen and oxygen atoms in total. The second-order valence-electron chi connectivity index (χ2n) is 5.47. The lowest BCUT2D eigenvalue weighted by molar-refractivity contribution is -0.114. The van der Waals surface area contributed by atoms with E-state index >= 15 is 0 Å². The van der Waals surface area contributed by atoms with Crippen molar-refractivity contribution in [1.82, 2.24) is 4.90 Å². The van der Waals surface area contributed by atoms with E-state index in [2.05, 4.69) is 0 Å². The number of amides is 1. The highest BCUT2D eigenvalue weighted by molar-refractivity contribution is 7.80. The molecule has 0 aromatic heterocycles. The monoisotopic (exact) mass is 354 g/mol. The van der Waals surface area contributed by atoms with Crippen molar-refractivity contribution in [2.75, 3.05) is 18.6 Å². The number of thiocarbonyl (C=S) groups is 1. The molecule has 128 valence electrons. The molecule has 6 heteroatoms. The van der Waals surface area contributed by atoms with Gasteiger partial charge in [-0.05, 0) is 43.4 Å². The van der Waals surface area contributed by atoms with Gasteiger partial charge < -0.3 is 14.7 Å². The molecule has 1 fully saturated rings. The van der Waals surface area contributed by atoms with Gasteiger partial charge >= 0.3 is 0 Å².